The molecule has 0 saturated carbocycles. The molecule has 1 aromatic carbocycles. The van der Waals surface area contributed by atoms with Gasteiger partial charge in [0.25, 0.3) is 0 Å². The van der Waals surface area contributed by atoms with Crippen LogP contribution in [0.4, 0.5) is 5.69 Å². The number of benzene rings is 1. The van der Waals surface area contributed by atoms with Crippen molar-refractivity contribution < 1.29 is 0 Å². The third-order valence-corrected chi connectivity index (χ3v) is 5.07. The van der Waals surface area contributed by atoms with Gasteiger partial charge in [0, 0.05) is 24.8 Å². The summed E-state index contributed by atoms with van der Waals surface area (Å²) < 4.78 is 0. The second kappa shape index (κ2) is 4.82. The summed E-state index contributed by atoms with van der Waals surface area (Å²) >= 11 is 0. The topological polar surface area (TPSA) is 15.3 Å². The maximum absolute atomic E-state index is 3.71. The van der Waals surface area contributed by atoms with E-state index < -0.39 is 0 Å². The van der Waals surface area contributed by atoms with Crippen molar-refractivity contribution >= 4 is 5.69 Å². The van der Waals surface area contributed by atoms with E-state index in [2.05, 4.69) is 22.3 Å². The van der Waals surface area contributed by atoms with Gasteiger partial charge in [-0.05, 0) is 61.8 Å². The third-order valence-electron chi connectivity index (χ3n) is 5.07. The van der Waals surface area contributed by atoms with E-state index in [1.165, 1.54) is 64.6 Å². The number of rotatable bonds is 1. The lowest BCUT2D eigenvalue weighted by molar-refractivity contribution is 0.411. The van der Waals surface area contributed by atoms with Crippen molar-refractivity contribution in [1.82, 2.24) is 5.32 Å². The molecule has 3 heterocycles. The molecule has 102 valence electrons. The van der Waals surface area contributed by atoms with Gasteiger partial charge in [0.2, 0.25) is 0 Å². The van der Waals surface area contributed by atoms with Gasteiger partial charge in [-0.1, -0.05) is 18.6 Å². The first-order valence-electron chi connectivity index (χ1n) is 8.06. The number of anilines is 1. The normalized spacial score (nSPS) is 26.1. The first-order valence-corrected chi connectivity index (χ1v) is 8.06. The van der Waals surface area contributed by atoms with Gasteiger partial charge in [0.1, 0.15) is 0 Å². The highest BCUT2D eigenvalue weighted by Crippen LogP contribution is 2.38. The van der Waals surface area contributed by atoms with Gasteiger partial charge in [-0.25, -0.2) is 0 Å². The van der Waals surface area contributed by atoms with Gasteiger partial charge in [0.05, 0.1) is 0 Å². The zero-order chi connectivity index (χ0) is 12.7. The molecular formula is C17H24N2. The van der Waals surface area contributed by atoms with Crippen molar-refractivity contribution in [2.75, 3.05) is 24.5 Å². The van der Waals surface area contributed by atoms with Crippen LogP contribution in [0.2, 0.25) is 0 Å². The average molecular weight is 256 g/mol. The Hall–Kier alpha value is -1.02. The van der Waals surface area contributed by atoms with Crippen molar-refractivity contribution in [2.24, 2.45) is 0 Å². The summed E-state index contributed by atoms with van der Waals surface area (Å²) in [6, 6.07) is 5.64. The fraction of sp³-hybridized carbons (Fsp3) is 0.647. The van der Waals surface area contributed by atoms with E-state index in [0.717, 1.165) is 0 Å². The Balaban J connectivity index is 1.74. The number of hydrogen-bond donors (Lipinski definition) is 1. The average Bonchev–Trinajstić information content (AvgIpc) is 2.49. The quantitative estimate of drug-likeness (QED) is 0.830. The van der Waals surface area contributed by atoms with Gasteiger partial charge in [-0.2, -0.15) is 0 Å². The smallest absolute Gasteiger partial charge is 0.0431 e. The van der Waals surface area contributed by atoms with Crippen LogP contribution in [0, 0.1) is 0 Å². The highest BCUT2D eigenvalue weighted by atomic mass is 15.1. The Morgan fingerprint density at radius 2 is 1.68 bits per heavy atom. The molecule has 1 saturated heterocycles. The zero-order valence-corrected chi connectivity index (χ0v) is 11.8. The van der Waals surface area contributed by atoms with Gasteiger partial charge in [-0.3, -0.25) is 0 Å². The standard InChI is InChI=1S/C17H24N2/c1-2-8-18-16(7-1)15-11-13-5-3-9-19-10-4-6-14(12-15)17(13)19/h11-12,16,18H,1-10H2. The lowest BCUT2D eigenvalue weighted by Gasteiger charge is -2.38. The van der Waals surface area contributed by atoms with Gasteiger partial charge in [-0.15, -0.1) is 0 Å². The fourth-order valence-corrected chi connectivity index (χ4v) is 4.17. The minimum absolute atomic E-state index is 0.618. The number of nitrogens with one attached hydrogen (secondary N) is 1. The van der Waals surface area contributed by atoms with Gasteiger partial charge >= 0.3 is 0 Å². The number of hydrogen-bond acceptors (Lipinski definition) is 2. The maximum Gasteiger partial charge on any atom is 0.0431 e. The van der Waals surface area contributed by atoms with E-state index in [1.54, 1.807) is 22.4 Å². The second-order valence-electron chi connectivity index (χ2n) is 6.38. The molecule has 3 aliphatic rings. The number of aryl methyl sites for hydroxylation is 2. The molecule has 0 spiro atoms. The molecule has 1 unspecified atom stereocenters. The molecule has 1 fully saturated rings. The summed E-state index contributed by atoms with van der Waals surface area (Å²) in [7, 11) is 0. The molecule has 2 heteroatoms. The Morgan fingerprint density at radius 1 is 0.947 bits per heavy atom. The highest BCUT2D eigenvalue weighted by Gasteiger charge is 2.26. The van der Waals surface area contributed by atoms with Crippen LogP contribution < -0.4 is 10.2 Å². The second-order valence-corrected chi connectivity index (χ2v) is 6.38. The predicted molar refractivity (Wildman–Crippen MR) is 79.9 cm³/mol. The van der Waals surface area contributed by atoms with E-state index in [1.807, 2.05) is 0 Å². The highest BCUT2D eigenvalue weighted by molar-refractivity contribution is 5.64. The molecule has 2 nitrogen and oxygen atoms in total. The third kappa shape index (κ3) is 2.06. The molecule has 1 N–H and O–H groups in total. The molecule has 0 amide bonds. The summed E-state index contributed by atoms with van der Waals surface area (Å²) in [5, 5.41) is 3.71. The van der Waals surface area contributed by atoms with Crippen LogP contribution in [0.15, 0.2) is 12.1 Å². The minimum atomic E-state index is 0.618. The summed E-state index contributed by atoms with van der Waals surface area (Å²) in [5.41, 5.74) is 6.44. The Labute approximate surface area is 116 Å². The van der Waals surface area contributed by atoms with E-state index in [0.29, 0.717) is 6.04 Å². The van der Waals surface area contributed by atoms with Crippen LogP contribution in [0.3, 0.4) is 0 Å². The number of nitrogens with zero attached hydrogens (tertiary/aromatic N) is 1. The first-order chi connectivity index (χ1) is 9.42. The predicted octanol–water partition coefficient (Wildman–Crippen LogP) is 3.20. The van der Waals surface area contributed by atoms with Crippen molar-refractivity contribution in [3.8, 4) is 0 Å². The summed E-state index contributed by atoms with van der Waals surface area (Å²) in [6.45, 7) is 3.76. The monoisotopic (exact) mass is 256 g/mol. The van der Waals surface area contributed by atoms with Crippen LogP contribution in [-0.4, -0.2) is 19.6 Å². The Morgan fingerprint density at radius 3 is 2.32 bits per heavy atom. The molecule has 1 atom stereocenters. The number of piperidine rings is 1. The van der Waals surface area contributed by atoms with Crippen LogP contribution in [-0.2, 0) is 12.8 Å². The molecule has 1 aromatic rings. The zero-order valence-electron chi connectivity index (χ0n) is 11.8. The molecule has 3 aliphatic heterocycles. The molecule has 19 heavy (non-hydrogen) atoms. The summed E-state index contributed by atoms with van der Waals surface area (Å²) in [5.74, 6) is 0. The largest absolute Gasteiger partial charge is 0.371 e. The minimum Gasteiger partial charge on any atom is -0.371 e. The van der Waals surface area contributed by atoms with E-state index >= 15 is 0 Å². The lowest BCUT2D eigenvalue weighted by Crippen LogP contribution is -2.35. The van der Waals surface area contributed by atoms with Crippen LogP contribution >= 0.6 is 0 Å². The molecule has 0 radical (unpaired) electrons. The van der Waals surface area contributed by atoms with Crippen LogP contribution in [0.1, 0.15) is 54.8 Å². The maximum atomic E-state index is 3.71. The summed E-state index contributed by atoms with van der Waals surface area (Å²) in [6.07, 6.45) is 9.32. The van der Waals surface area contributed by atoms with E-state index in [4.69, 9.17) is 0 Å². The van der Waals surface area contributed by atoms with E-state index in [-0.39, 0.29) is 0 Å². The molecule has 0 bridgehead atoms. The summed E-state index contributed by atoms with van der Waals surface area (Å²) in [4.78, 5) is 2.63. The molecule has 4 rings (SSSR count). The van der Waals surface area contributed by atoms with Crippen molar-refractivity contribution in [2.45, 2.75) is 51.0 Å². The SMILES string of the molecule is c1c(C2CCCCN2)cc2c3c1CCCN3CCC2. The van der Waals surface area contributed by atoms with Gasteiger partial charge < -0.3 is 10.2 Å². The lowest BCUT2D eigenvalue weighted by atomic mass is 9.87. The van der Waals surface area contributed by atoms with Crippen molar-refractivity contribution in [1.29, 1.82) is 0 Å². The fourth-order valence-electron chi connectivity index (χ4n) is 4.17. The van der Waals surface area contributed by atoms with E-state index in [9.17, 15) is 0 Å². The Kier molecular flexibility index (Phi) is 2.99. The molecule has 0 aliphatic carbocycles. The van der Waals surface area contributed by atoms with Crippen molar-refractivity contribution in [3.05, 3.63) is 28.8 Å². The van der Waals surface area contributed by atoms with Crippen molar-refractivity contribution in [3.63, 3.8) is 0 Å². The molecule has 0 aromatic heterocycles. The van der Waals surface area contributed by atoms with Gasteiger partial charge in [0.15, 0.2) is 0 Å². The van der Waals surface area contributed by atoms with Crippen LogP contribution in [0.25, 0.3) is 0 Å². The first kappa shape index (κ1) is 11.8. The Bertz CT molecular complexity index is 443. The van der Waals surface area contributed by atoms with Crippen LogP contribution in [0.5, 0.6) is 0 Å². The molecular weight excluding hydrogens is 232 g/mol.